The van der Waals surface area contributed by atoms with Gasteiger partial charge in [0, 0.05) is 6.54 Å². The summed E-state index contributed by atoms with van der Waals surface area (Å²) in [5, 5.41) is 8.84. The third kappa shape index (κ3) is 1.96. The lowest BCUT2D eigenvalue weighted by atomic mass is 10.1. The maximum Gasteiger partial charge on any atom is 0.305 e. The molecule has 0 unspecified atom stereocenters. The van der Waals surface area contributed by atoms with Crippen LogP contribution in [0.15, 0.2) is 24.3 Å². The second-order valence-electron chi connectivity index (χ2n) is 3.82. The fraction of sp³-hybridized carbons (Fsp3) is 0.417. The SMILES string of the molecule is CCN1c2ccccc2OC[C@@H]1CC(=O)O. The first-order valence-corrected chi connectivity index (χ1v) is 5.42. The van der Waals surface area contributed by atoms with E-state index in [2.05, 4.69) is 4.90 Å². The second kappa shape index (κ2) is 4.43. The molecule has 1 aliphatic heterocycles. The summed E-state index contributed by atoms with van der Waals surface area (Å²) in [7, 11) is 0. The molecule has 1 aromatic rings. The van der Waals surface area contributed by atoms with E-state index in [1.165, 1.54) is 0 Å². The standard InChI is InChI=1S/C12H15NO3/c1-2-13-9(7-12(14)15)8-16-11-6-4-3-5-10(11)13/h3-6,9H,2,7-8H2,1H3,(H,14,15)/t9-/m0/s1. The molecule has 4 nitrogen and oxygen atoms in total. The number of ether oxygens (including phenoxy) is 1. The molecule has 4 heteroatoms. The number of fused-ring (bicyclic) bond motifs is 1. The molecule has 1 aromatic carbocycles. The fourth-order valence-corrected chi connectivity index (χ4v) is 2.09. The van der Waals surface area contributed by atoms with Crippen LogP contribution in [0, 0.1) is 0 Å². The summed E-state index contributed by atoms with van der Waals surface area (Å²) in [6.07, 6.45) is 0.113. The Morgan fingerprint density at radius 1 is 1.56 bits per heavy atom. The lowest BCUT2D eigenvalue weighted by Gasteiger charge is -2.37. The van der Waals surface area contributed by atoms with Crippen molar-refractivity contribution in [2.45, 2.75) is 19.4 Å². The zero-order valence-electron chi connectivity index (χ0n) is 9.22. The topological polar surface area (TPSA) is 49.8 Å². The van der Waals surface area contributed by atoms with Crippen molar-refractivity contribution < 1.29 is 14.6 Å². The highest BCUT2D eigenvalue weighted by atomic mass is 16.5. The number of nitrogens with zero attached hydrogens (tertiary/aromatic N) is 1. The Hall–Kier alpha value is -1.71. The smallest absolute Gasteiger partial charge is 0.305 e. The van der Waals surface area contributed by atoms with Crippen molar-refractivity contribution in [2.75, 3.05) is 18.1 Å². The van der Waals surface area contributed by atoms with Gasteiger partial charge in [0.1, 0.15) is 12.4 Å². The lowest BCUT2D eigenvalue weighted by Crippen LogP contribution is -2.44. The third-order valence-corrected chi connectivity index (χ3v) is 2.80. The highest BCUT2D eigenvalue weighted by Crippen LogP contribution is 2.33. The predicted octanol–water partition coefficient (Wildman–Crippen LogP) is 1.75. The van der Waals surface area contributed by atoms with Crippen molar-refractivity contribution in [3.63, 3.8) is 0 Å². The molecule has 1 N–H and O–H groups in total. The molecule has 0 amide bonds. The van der Waals surface area contributed by atoms with Crippen LogP contribution in [-0.2, 0) is 4.79 Å². The molecule has 0 saturated heterocycles. The normalized spacial score (nSPS) is 18.8. The first-order chi connectivity index (χ1) is 7.72. The molecule has 16 heavy (non-hydrogen) atoms. The highest BCUT2D eigenvalue weighted by molar-refractivity contribution is 5.70. The largest absolute Gasteiger partial charge is 0.489 e. The fourth-order valence-electron chi connectivity index (χ4n) is 2.09. The summed E-state index contributed by atoms with van der Waals surface area (Å²) < 4.78 is 5.56. The van der Waals surface area contributed by atoms with Crippen LogP contribution in [-0.4, -0.2) is 30.3 Å². The number of para-hydroxylation sites is 2. The Balaban J connectivity index is 2.26. The molecule has 0 saturated carbocycles. The van der Waals surface area contributed by atoms with E-state index in [-0.39, 0.29) is 12.5 Å². The number of likely N-dealkylation sites (N-methyl/N-ethyl adjacent to an activating group) is 1. The van der Waals surface area contributed by atoms with Gasteiger partial charge in [-0.15, -0.1) is 0 Å². The van der Waals surface area contributed by atoms with Gasteiger partial charge in [-0.05, 0) is 19.1 Å². The quantitative estimate of drug-likeness (QED) is 0.844. The zero-order chi connectivity index (χ0) is 11.5. The molecule has 0 bridgehead atoms. The average molecular weight is 221 g/mol. The van der Waals surface area contributed by atoms with Gasteiger partial charge in [-0.1, -0.05) is 12.1 Å². The van der Waals surface area contributed by atoms with Crippen LogP contribution in [0.25, 0.3) is 0 Å². The van der Waals surface area contributed by atoms with Crippen LogP contribution < -0.4 is 9.64 Å². The van der Waals surface area contributed by atoms with E-state index in [4.69, 9.17) is 9.84 Å². The molecule has 0 fully saturated rings. The minimum Gasteiger partial charge on any atom is -0.489 e. The molecule has 1 atom stereocenters. The van der Waals surface area contributed by atoms with Crippen LogP contribution in [0.2, 0.25) is 0 Å². The number of aliphatic carboxylic acids is 1. The Morgan fingerprint density at radius 3 is 3.00 bits per heavy atom. The molecule has 0 spiro atoms. The van der Waals surface area contributed by atoms with Crippen molar-refractivity contribution in [1.29, 1.82) is 0 Å². The minimum absolute atomic E-state index is 0.0719. The van der Waals surface area contributed by atoms with Crippen molar-refractivity contribution in [3.05, 3.63) is 24.3 Å². The van der Waals surface area contributed by atoms with E-state index in [1.807, 2.05) is 31.2 Å². The second-order valence-corrected chi connectivity index (χ2v) is 3.82. The number of carboxylic acids is 1. The summed E-state index contributed by atoms with van der Waals surface area (Å²) in [6, 6.07) is 7.66. The molecule has 0 aliphatic carbocycles. The Kier molecular flexibility index (Phi) is 2.99. The first kappa shape index (κ1) is 10.8. The Bertz CT molecular complexity index is 392. The van der Waals surface area contributed by atoms with Gasteiger partial charge in [-0.2, -0.15) is 0 Å². The molecule has 0 aromatic heterocycles. The van der Waals surface area contributed by atoms with Crippen molar-refractivity contribution in [1.82, 2.24) is 0 Å². The van der Waals surface area contributed by atoms with Gasteiger partial charge in [-0.3, -0.25) is 4.79 Å². The molecule has 86 valence electrons. The number of benzene rings is 1. The van der Waals surface area contributed by atoms with Gasteiger partial charge in [-0.25, -0.2) is 0 Å². The van der Waals surface area contributed by atoms with E-state index in [0.717, 1.165) is 18.0 Å². The molecule has 1 aliphatic rings. The number of hydrogen-bond acceptors (Lipinski definition) is 3. The van der Waals surface area contributed by atoms with Crippen LogP contribution >= 0.6 is 0 Å². The summed E-state index contributed by atoms with van der Waals surface area (Å²) in [5.74, 6) is 0.0532. The van der Waals surface area contributed by atoms with E-state index >= 15 is 0 Å². The van der Waals surface area contributed by atoms with Crippen molar-refractivity contribution >= 4 is 11.7 Å². The number of carboxylic acid groups (broad SMARTS) is 1. The van der Waals surface area contributed by atoms with Crippen molar-refractivity contribution in [2.24, 2.45) is 0 Å². The molecule has 1 heterocycles. The number of anilines is 1. The third-order valence-electron chi connectivity index (χ3n) is 2.80. The average Bonchev–Trinajstić information content (AvgIpc) is 2.28. The van der Waals surface area contributed by atoms with Crippen molar-refractivity contribution in [3.8, 4) is 5.75 Å². The van der Waals surface area contributed by atoms with Gasteiger partial charge in [0.15, 0.2) is 0 Å². The summed E-state index contributed by atoms with van der Waals surface area (Å²) in [4.78, 5) is 12.8. The predicted molar refractivity (Wildman–Crippen MR) is 61.0 cm³/mol. The maximum atomic E-state index is 10.8. The summed E-state index contributed by atoms with van der Waals surface area (Å²) in [5.41, 5.74) is 0.988. The van der Waals surface area contributed by atoms with Gasteiger partial charge < -0.3 is 14.7 Å². The molecular weight excluding hydrogens is 206 g/mol. The van der Waals surface area contributed by atoms with Crippen LogP contribution in [0.5, 0.6) is 5.75 Å². The van der Waals surface area contributed by atoms with Gasteiger partial charge in [0.25, 0.3) is 0 Å². The molecule has 0 radical (unpaired) electrons. The molecule has 2 rings (SSSR count). The highest BCUT2D eigenvalue weighted by Gasteiger charge is 2.27. The zero-order valence-corrected chi connectivity index (χ0v) is 9.22. The van der Waals surface area contributed by atoms with Crippen LogP contribution in [0.1, 0.15) is 13.3 Å². The number of rotatable bonds is 3. The monoisotopic (exact) mass is 221 g/mol. The van der Waals surface area contributed by atoms with Gasteiger partial charge >= 0.3 is 5.97 Å². The maximum absolute atomic E-state index is 10.8. The summed E-state index contributed by atoms with van der Waals surface area (Å²) in [6.45, 7) is 3.26. The van der Waals surface area contributed by atoms with E-state index in [1.54, 1.807) is 0 Å². The first-order valence-electron chi connectivity index (χ1n) is 5.42. The van der Waals surface area contributed by atoms with Gasteiger partial charge in [0.05, 0.1) is 18.2 Å². The lowest BCUT2D eigenvalue weighted by molar-refractivity contribution is -0.137. The summed E-state index contributed by atoms with van der Waals surface area (Å²) >= 11 is 0. The minimum atomic E-state index is -0.786. The number of hydrogen-bond donors (Lipinski definition) is 1. The molecular formula is C12H15NO3. The number of carbonyl (C=O) groups is 1. The van der Waals surface area contributed by atoms with E-state index in [9.17, 15) is 4.79 Å². The van der Waals surface area contributed by atoms with Gasteiger partial charge in [0.2, 0.25) is 0 Å². The van der Waals surface area contributed by atoms with E-state index in [0.29, 0.717) is 6.61 Å². The Labute approximate surface area is 94.4 Å². The Morgan fingerprint density at radius 2 is 2.31 bits per heavy atom. The van der Waals surface area contributed by atoms with Crippen LogP contribution in [0.4, 0.5) is 5.69 Å². The van der Waals surface area contributed by atoms with E-state index < -0.39 is 5.97 Å². The van der Waals surface area contributed by atoms with Crippen LogP contribution in [0.3, 0.4) is 0 Å².